The van der Waals surface area contributed by atoms with Gasteiger partial charge in [-0.1, -0.05) is 36.4 Å². The third-order valence-electron chi connectivity index (χ3n) is 4.12. The highest BCUT2D eigenvalue weighted by atomic mass is 16.2. The number of rotatable bonds is 3. The average Bonchev–Trinajstić information content (AvgIpc) is 2.97. The predicted molar refractivity (Wildman–Crippen MR) is 93.1 cm³/mol. The Bertz CT molecular complexity index is 919. The lowest BCUT2D eigenvalue weighted by Gasteiger charge is -2.08. The van der Waals surface area contributed by atoms with Crippen molar-refractivity contribution in [2.24, 2.45) is 0 Å². The second kappa shape index (κ2) is 5.77. The third-order valence-corrected chi connectivity index (χ3v) is 4.12. The number of nitrogens with zero attached hydrogens (tertiary/aromatic N) is 2. The van der Waals surface area contributed by atoms with Crippen molar-refractivity contribution in [1.29, 1.82) is 0 Å². The summed E-state index contributed by atoms with van der Waals surface area (Å²) in [6.07, 6.45) is 1.68. The van der Waals surface area contributed by atoms with Crippen LogP contribution in [0.2, 0.25) is 0 Å². The molecule has 0 fully saturated rings. The summed E-state index contributed by atoms with van der Waals surface area (Å²) in [5.41, 5.74) is 5.78. The van der Waals surface area contributed by atoms with Gasteiger partial charge in [0.15, 0.2) is 0 Å². The van der Waals surface area contributed by atoms with Gasteiger partial charge in [-0.3, -0.25) is 4.79 Å². The van der Waals surface area contributed by atoms with E-state index in [9.17, 15) is 4.79 Å². The van der Waals surface area contributed by atoms with Gasteiger partial charge in [0.05, 0.1) is 0 Å². The minimum atomic E-state index is -0.148. The summed E-state index contributed by atoms with van der Waals surface area (Å²) >= 11 is 0. The molecular formula is C19H16N4O. The number of carbonyl (C=O) groups excluding carboxylic acids is 1. The van der Waals surface area contributed by atoms with E-state index in [1.165, 1.54) is 11.1 Å². The summed E-state index contributed by atoms with van der Waals surface area (Å²) in [5, 5.41) is 5.88. The van der Waals surface area contributed by atoms with Crippen molar-refractivity contribution in [3.8, 4) is 11.1 Å². The Morgan fingerprint density at radius 1 is 1.08 bits per heavy atom. The van der Waals surface area contributed by atoms with E-state index in [0.717, 1.165) is 16.8 Å². The van der Waals surface area contributed by atoms with Crippen molar-refractivity contribution in [3.05, 3.63) is 71.5 Å². The summed E-state index contributed by atoms with van der Waals surface area (Å²) in [7, 11) is 0. The van der Waals surface area contributed by atoms with E-state index in [0.29, 0.717) is 18.2 Å². The molecule has 0 atom stereocenters. The van der Waals surface area contributed by atoms with Crippen LogP contribution in [0.15, 0.2) is 54.7 Å². The lowest BCUT2D eigenvalue weighted by Crippen LogP contribution is -2.13. The Balaban J connectivity index is 1.57. The maximum absolute atomic E-state index is 11.7. The van der Waals surface area contributed by atoms with Crippen molar-refractivity contribution in [1.82, 2.24) is 15.3 Å². The monoisotopic (exact) mass is 316 g/mol. The van der Waals surface area contributed by atoms with Crippen LogP contribution < -0.4 is 10.6 Å². The second-order valence-corrected chi connectivity index (χ2v) is 5.77. The number of hydrogen-bond acceptors (Lipinski definition) is 4. The minimum absolute atomic E-state index is 0.148. The Labute approximate surface area is 139 Å². The zero-order chi connectivity index (χ0) is 16.5. The summed E-state index contributed by atoms with van der Waals surface area (Å²) in [5.74, 6) is 0.278. The smallest absolute Gasteiger partial charge is 0.270 e. The first kappa shape index (κ1) is 14.4. The number of aromatic nitrogens is 2. The highest BCUT2D eigenvalue weighted by Crippen LogP contribution is 2.25. The fourth-order valence-electron chi connectivity index (χ4n) is 2.81. The van der Waals surface area contributed by atoms with Crippen LogP contribution >= 0.6 is 0 Å². The molecule has 5 heteroatoms. The van der Waals surface area contributed by atoms with Crippen LogP contribution in [0.5, 0.6) is 0 Å². The van der Waals surface area contributed by atoms with Crippen LogP contribution in [0.1, 0.15) is 21.6 Å². The zero-order valence-electron chi connectivity index (χ0n) is 13.2. The molecule has 5 nitrogen and oxygen atoms in total. The van der Waals surface area contributed by atoms with Gasteiger partial charge < -0.3 is 10.6 Å². The summed E-state index contributed by atoms with van der Waals surface area (Å²) in [6.45, 7) is 2.60. The van der Waals surface area contributed by atoms with Crippen molar-refractivity contribution in [2.75, 3.05) is 5.32 Å². The van der Waals surface area contributed by atoms with E-state index in [-0.39, 0.29) is 5.91 Å². The van der Waals surface area contributed by atoms with Gasteiger partial charge in [0.25, 0.3) is 5.91 Å². The molecule has 3 aromatic rings. The van der Waals surface area contributed by atoms with E-state index in [2.05, 4.69) is 51.8 Å². The number of aryl methyl sites for hydroxylation is 1. The number of nitrogens with one attached hydrogen (secondary N) is 2. The Hall–Kier alpha value is -3.21. The van der Waals surface area contributed by atoms with Gasteiger partial charge >= 0.3 is 0 Å². The normalized spacial score (nSPS) is 12.6. The van der Waals surface area contributed by atoms with E-state index in [1.54, 1.807) is 6.20 Å². The first-order valence-corrected chi connectivity index (χ1v) is 7.78. The Morgan fingerprint density at radius 3 is 2.67 bits per heavy atom. The second-order valence-electron chi connectivity index (χ2n) is 5.77. The maximum atomic E-state index is 11.7. The van der Waals surface area contributed by atoms with Crippen LogP contribution in [0, 0.1) is 6.92 Å². The molecule has 24 heavy (non-hydrogen) atoms. The van der Waals surface area contributed by atoms with Crippen molar-refractivity contribution in [3.63, 3.8) is 0 Å². The number of benzene rings is 2. The molecule has 2 aromatic carbocycles. The maximum Gasteiger partial charge on any atom is 0.270 e. The van der Waals surface area contributed by atoms with Gasteiger partial charge in [0.1, 0.15) is 5.69 Å². The van der Waals surface area contributed by atoms with Gasteiger partial charge in [0, 0.05) is 24.0 Å². The molecule has 1 aromatic heterocycles. The number of fused-ring (bicyclic) bond motifs is 1. The zero-order valence-corrected chi connectivity index (χ0v) is 13.2. The van der Waals surface area contributed by atoms with E-state index >= 15 is 0 Å². The van der Waals surface area contributed by atoms with Crippen molar-refractivity contribution in [2.45, 2.75) is 13.5 Å². The highest BCUT2D eigenvalue weighted by Gasteiger charge is 2.21. The van der Waals surface area contributed by atoms with Gasteiger partial charge in [-0.25, -0.2) is 9.97 Å². The molecule has 4 rings (SSSR count). The third kappa shape index (κ3) is 2.60. The van der Waals surface area contributed by atoms with Gasteiger partial charge in [-0.2, -0.15) is 0 Å². The van der Waals surface area contributed by atoms with Crippen LogP contribution in [-0.2, 0) is 6.54 Å². The molecule has 0 aliphatic carbocycles. The molecule has 2 heterocycles. The molecule has 0 unspecified atom stereocenters. The minimum Gasteiger partial charge on any atom is -0.346 e. The van der Waals surface area contributed by atoms with Crippen LogP contribution in [0.25, 0.3) is 11.1 Å². The topological polar surface area (TPSA) is 66.9 Å². The fraction of sp³-hybridized carbons (Fsp3) is 0.105. The lowest BCUT2D eigenvalue weighted by atomic mass is 10.0. The summed E-state index contributed by atoms with van der Waals surface area (Å²) < 4.78 is 0. The average molecular weight is 316 g/mol. The SMILES string of the molecule is Cc1ccccc1-c1ccc(Nc2ncc3c(n2)C(=O)NC3)cc1. The molecule has 1 aliphatic rings. The van der Waals surface area contributed by atoms with E-state index in [4.69, 9.17) is 0 Å². The number of hydrogen-bond donors (Lipinski definition) is 2. The largest absolute Gasteiger partial charge is 0.346 e. The van der Waals surface area contributed by atoms with Crippen LogP contribution in [0.4, 0.5) is 11.6 Å². The Morgan fingerprint density at radius 2 is 1.88 bits per heavy atom. The Kier molecular flexibility index (Phi) is 3.46. The highest BCUT2D eigenvalue weighted by molar-refractivity contribution is 5.96. The standard InChI is InChI=1S/C19H16N4O/c1-12-4-2-3-5-16(12)13-6-8-15(9-7-13)22-19-21-11-14-10-20-18(24)17(14)23-19/h2-9,11H,10H2,1H3,(H,20,24)(H,21,22,23). The summed E-state index contributed by atoms with van der Waals surface area (Å²) in [6, 6.07) is 16.4. The number of anilines is 2. The quantitative estimate of drug-likeness (QED) is 0.777. The first-order valence-electron chi connectivity index (χ1n) is 7.78. The van der Waals surface area contributed by atoms with Crippen molar-refractivity contribution < 1.29 is 4.79 Å². The van der Waals surface area contributed by atoms with Gasteiger partial charge in [-0.15, -0.1) is 0 Å². The molecule has 0 radical (unpaired) electrons. The van der Waals surface area contributed by atoms with Crippen LogP contribution in [-0.4, -0.2) is 15.9 Å². The first-order chi connectivity index (χ1) is 11.7. The fourth-order valence-corrected chi connectivity index (χ4v) is 2.81. The van der Waals surface area contributed by atoms with E-state index in [1.807, 2.05) is 24.3 Å². The summed E-state index contributed by atoms with van der Waals surface area (Å²) in [4.78, 5) is 20.2. The molecule has 1 aliphatic heterocycles. The van der Waals surface area contributed by atoms with Crippen LogP contribution in [0.3, 0.4) is 0 Å². The van der Waals surface area contributed by atoms with E-state index < -0.39 is 0 Å². The molecular weight excluding hydrogens is 300 g/mol. The lowest BCUT2D eigenvalue weighted by molar-refractivity contribution is 0.0961. The molecule has 118 valence electrons. The van der Waals surface area contributed by atoms with Gasteiger partial charge in [0.2, 0.25) is 5.95 Å². The molecule has 1 amide bonds. The predicted octanol–water partition coefficient (Wildman–Crippen LogP) is 3.44. The van der Waals surface area contributed by atoms with Crippen molar-refractivity contribution >= 4 is 17.5 Å². The molecule has 0 saturated carbocycles. The molecule has 0 saturated heterocycles. The molecule has 0 spiro atoms. The molecule has 0 bridgehead atoms. The number of amides is 1. The molecule has 2 N–H and O–H groups in total. The number of carbonyl (C=O) groups is 1. The van der Waals surface area contributed by atoms with Gasteiger partial charge in [-0.05, 0) is 35.7 Å².